The first kappa shape index (κ1) is 17.6. The molecule has 8 heteroatoms. The van der Waals surface area contributed by atoms with Crippen LogP contribution in [0.1, 0.15) is 42.3 Å². The third kappa shape index (κ3) is 3.16. The summed E-state index contributed by atoms with van der Waals surface area (Å²) in [6, 6.07) is 9.32. The maximum absolute atomic E-state index is 12.9. The van der Waals surface area contributed by atoms with Gasteiger partial charge < -0.3 is 14.5 Å². The summed E-state index contributed by atoms with van der Waals surface area (Å²) in [6.07, 6.45) is 0. The quantitative estimate of drug-likeness (QED) is 0.651. The number of ketones is 1. The highest BCUT2D eigenvalue weighted by molar-refractivity contribution is 6.19. The Labute approximate surface area is 141 Å². The minimum Gasteiger partial charge on any atom is -0.465 e. The van der Waals surface area contributed by atoms with Gasteiger partial charge in [-0.2, -0.15) is 5.26 Å². The Morgan fingerprint density at radius 2 is 1.60 bits per heavy atom. The van der Waals surface area contributed by atoms with E-state index in [-0.39, 0.29) is 5.56 Å². The predicted octanol–water partition coefficient (Wildman–Crippen LogP) is 1.05. The SMILES string of the molecule is COC(=O)c1[nH]c(=O)c(C#N)c(C(=O)OC)c1C(=O)c1ccccc1. The molecular formula is C17H12N2O6. The Morgan fingerprint density at radius 3 is 2.12 bits per heavy atom. The highest BCUT2D eigenvalue weighted by atomic mass is 16.5. The Hall–Kier alpha value is -3.73. The molecule has 1 N–H and O–H groups in total. The van der Waals surface area contributed by atoms with Crippen molar-refractivity contribution in [2.75, 3.05) is 14.2 Å². The fourth-order valence-corrected chi connectivity index (χ4v) is 2.23. The average molecular weight is 340 g/mol. The lowest BCUT2D eigenvalue weighted by Crippen LogP contribution is -2.28. The van der Waals surface area contributed by atoms with Gasteiger partial charge in [-0.3, -0.25) is 9.59 Å². The van der Waals surface area contributed by atoms with Gasteiger partial charge in [0.05, 0.1) is 25.3 Å². The highest BCUT2D eigenvalue weighted by Gasteiger charge is 2.31. The lowest BCUT2D eigenvalue weighted by molar-refractivity contribution is 0.0586. The van der Waals surface area contributed by atoms with Crippen molar-refractivity contribution in [3.63, 3.8) is 0 Å². The summed E-state index contributed by atoms with van der Waals surface area (Å²) in [6.45, 7) is 0. The van der Waals surface area contributed by atoms with Gasteiger partial charge in [-0.15, -0.1) is 0 Å². The van der Waals surface area contributed by atoms with Crippen LogP contribution < -0.4 is 5.56 Å². The number of H-pyrrole nitrogens is 1. The molecule has 126 valence electrons. The molecule has 0 bridgehead atoms. The fraction of sp³-hybridized carbons (Fsp3) is 0.118. The van der Waals surface area contributed by atoms with Crippen LogP contribution in [0, 0.1) is 11.3 Å². The van der Waals surface area contributed by atoms with E-state index in [1.807, 2.05) is 0 Å². The first-order valence-corrected chi connectivity index (χ1v) is 6.93. The van der Waals surface area contributed by atoms with Crippen LogP contribution in [0.15, 0.2) is 35.1 Å². The second kappa shape index (κ2) is 7.23. The van der Waals surface area contributed by atoms with Gasteiger partial charge in [0.15, 0.2) is 5.78 Å². The molecule has 0 saturated carbocycles. The van der Waals surface area contributed by atoms with Crippen molar-refractivity contribution in [3.8, 4) is 6.07 Å². The van der Waals surface area contributed by atoms with Crippen molar-refractivity contribution >= 4 is 17.7 Å². The number of nitrogens with zero attached hydrogens (tertiary/aromatic N) is 1. The number of rotatable bonds is 4. The van der Waals surface area contributed by atoms with Crippen molar-refractivity contribution in [1.29, 1.82) is 5.26 Å². The number of methoxy groups -OCH3 is 2. The highest BCUT2D eigenvalue weighted by Crippen LogP contribution is 2.21. The van der Waals surface area contributed by atoms with Crippen molar-refractivity contribution in [1.82, 2.24) is 4.98 Å². The van der Waals surface area contributed by atoms with Crippen LogP contribution in [0.5, 0.6) is 0 Å². The third-order valence-corrected chi connectivity index (χ3v) is 3.37. The molecule has 0 amide bonds. The molecule has 2 rings (SSSR count). The van der Waals surface area contributed by atoms with Gasteiger partial charge in [-0.25, -0.2) is 9.59 Å². The van der Waals surface area contributed by atoms with E-state index in [4.69, 9.17) is 0 Å². The molecule has 0 unspecified atom stereocenters. The number of hydrogen-bond donors (Lipinski definition) is 1. The molecule has 25 heavy (non-hydrogen) atoms. The molecule has 1 heterocycles. The Morgan fingerprint density at radius 1 is 1.00 bits per heavy atom. The summed E-state index contributed by atoms with van der Waals surface area (Å²) < 4.78 is 9.15. The zero-order chi connectivity index (χ0) is 18.6. The van der Waals surface area contributed by atoms with Crippen LogP contribution >= 0.6 is 0 Å². The molecule has 0 aliphatic rings. The number of ether oxygens (including phenoxy) is 2. The van der Waals surface area contributed by atoms with E-state index in [1.165, 1.54) is 12.1 Å². The molecule has 0 atom stereocenters. The summed E-state index contributed by atoms with van der Waals surface area (Å²) in [4.78, 5) is 51.2. The molecule has 0 radical (unpaired) electrons. The number of nitriles is 1. The van der Waals surface area contributed by atoms with Gasteiger partial charge in [-0.05, 0) is 0 Å². The molecule has 0 aliphatic carbocycles. The second-order valence-electron chi connectivity index (χ2n) is 4.74. The minimum atomic E-state index is -1.09. The van der Waals surface area contributed by atoms with Crippen molar-refractivity contribution in [2.24, 2.45) is 0 Å². The number of esters is 2. The van der Waals surface area contributed by atoms with Gasteiger partial charge in [0, 0.05) is 5.56 Å². The Bertz CT molecular complexity index is 954. The largest absolute Gasteiger partial charge is 0.465 e. The van der Waals surface area contributed by atoms with Crippen LogP contribution in [-0.2, 0) is 9.47 Å². The van der Waals surface area contributed by atoms with Crippen molar-refractivity contribution < 1.29 is 23.9 Å². The standard InChI is InChI=1S/C17H12N2O6/c1-24-16(22)11-10(8-18)15(21)19-13(17(23)25-2)12(11)14(20)9-6-4-3-5-7-9/h3-7H,1-2H3,(H,19,21). The number of carbonyl (C=O) groups excluding carboxylic acids is 3. The summed E-state index contributed by atoms with van der Waals surface area (Å²) in [7, 11) is 2.08. The molecule has 0 aliphatic heterocycles. The van der Waals surface area contributed by atoms with E-state index < -0.39 is 45.7 Å². The molecule has 1 aromatic heterocycles. The van der Waals surface area contributed by atoms with Crippen molar-refractivity contribution in [3.05, 3.63) is 68.6 Å². The van der Waals surface area contributed by atoms with Gasteiger partial charge in [-0.1, -0.05) is 30.3 Å². The lowest BCUT2D eigenvalue weighted by atomic mass is 9.94. The number of aromatic nitrogens is 1. The van der Waals surface area contributed by atoms with E-state index >= 15 is 0 Å². The van der Waals surface area contributed by atoms with Crippen molar-refractivity contribution in [2.45, 2.75) is 0 Å². The zero-order valence-corrected chi connectivity index (χ0v) is 13.3. The minimum absolute atomic E-state index is 0.147. The Kier molecular flexibility index (Phi) is 5.09. The van der Waals surface area contributed by atoms with Gasteiger partial charge in [0.1, 0.15) is 17.3 Å². The number of benzene rings is 1. The number of pyridine rings is 1. The number of hydrogen-bond acceptors (Lipinski definition) is 7. The van der Waals surface area contributed by atoms with Crippen LogP contribution in [0.4, 0.5) is 0 Å². The van der Waals surface area contributed by atoms with E-state index in [9.17, 15) is 24.4 Å². The molecule has 2 aromatic rings. The third-order valence-electron chi connectivity index (χ3n) is 3.37. The molecule has 0 fully saturated rings. The molecule has 0 spiro atoms. The summed E-state index contributed by atoms with van der Waals surface area (Å²) in [5, 5.41) is 9.20. The second-order valence-corrected chi connectivity index (χ2v) is 4.74. The first-order chi connectivity index (χ1) is 12.0. The smallest absolute Gasteiger partial charge is 0.355 e. The van der Waals surface area contributed by atoms with Crippen LogP contribution in [0.25, 0.3) is 0 Å². The average Bonchev–Trinajstić information content (AvgIpc) is 2.65. The topological polar surface area (TPSA) is 126 Å². The monoisotopic (exact) mass is 340 g/mol. The van der Waals surface area contributed by atoms with E-state index in [0.717, 1.165) is 14.2 Å². The summed E-state index contributed by atoms with van der Waals surface area (Å²) in [5.74, 6) is -2.87. The number of carbonyl (C=O) groups is 3. The van der Waals surface area contributed by atoms with Crippen LogP contribution in [0.3, 0.4) is 0 Å². The summed E-state index contributed by atoms with van der Waals surface area (Å²) in [5.41, 5.74) is -3.05. The van der Waals surface area contributed by atoms with Gasteiger partial charge in [0.2, 0.25) is 0 Å². The van der Waals surface area contributed by atoms with Crippen LogP contribution in [-0.4, -0.2) is 36.9 Å². The van der Waals surface area contributed by atoms with Crippen LogP contribution in [0.2, 0.25) is 0 Å². The molecular weight excluding hydrogens is 328 g/mol. The van der Waals surface area contributed by atoms with E-state index in [2.05, 4.69) is 14.5 Å². The predicted molar refractivity (Wildman–Crippen MR) is 84.3 cm³/mol. The zero-order valence-electron chi connectivity index (χ0n) is 13.3. The fourth-order valence-electron chi connectivity index (χ4n) is 2.23. The Balaban J connectivity index is 2.93. The lowest BCUT2D eigenvalue weighted by Gasteiger charge is -2.12. The van der Waals surface area contributed by atoms with E-state index in [0.29, 0.717) is 0 Å². The first-order valence-electron chi connectivity index (χ1n) is 6.93. The maximum Gasteiger partial charge on any atom is 0.355 e. The maximum atomic E-state index is 12.9. The summed E-state index contributed by atoms with van der Waals surface area (Å²) >= 11 is 0. The van der Waals surface area contributed by atoms with Gasteiger partial charge in [0.25, 0.3) is 5.56 Å². The molecule has 0 saturated heterocycles. The number of nitrogens with one attached hydrogen (secondary N) is 1. The normalized spacial score (nSPS) is 9.80. The molecule has 1 aromatic carbocycles. The van der Waals surface area contributed by atoms with E-state index in [1.54, 1.807) is 24.3 Å². The molecule has 8 nitrogen and oxygen atoms in total. The number of aromatic amines is 1. The van der Waals surface area contributed by atoms with Gasteiger partial charge >= 0.3 is 11.9 Å².